The van der Waals surface area contributed by atoms with E-state index < -0.39 is 5.82 Å². The van der Waals surface area contributed by atoms with Crippen molar-refractivity contribution in [3.63, 3.8) is 0 Å². The molecule has 2 N–H and O–H groups in total. The summed E-state index contributed by atoms with van der Waals surface area (Å²) in [5.74, 6) is 0.516. The first-order valence-electron chi connectivity index (χ1n) is 6.36. The van der Waals surface area contributed by atoms with Crippen LogP contribution in [0.15, 0.2) is 12.3 Å². The normalized spacial score (nSPS) is 23.9. The smallest absolute Gasteiger partial charge is 0.166 e. The number of aliphatic hydroxyl groups excluding tert-OH is 1. The maximum absolute atomic E-state index is 13.5. The first-order chi connectivity index (χ1) is 8.70. The fraction of sp³-hybridized carbons (Fsp3) is 0.615. The predicted molar refractivity (Wildman–Crippen MR) is 70.2 cm³/mol. The standard InChI is InChI=1S/C13H18ClFN2O/c14-11-5-12(15)13(17-7-11)16-6-9-3-1-2-4-10(9)8-18/h5,7,9-10,18H,1-4,6,8H2,(H,16,17). The Morgan fingerprint density at radius 3 is 2.78 bits per heavy atom. The molecule has 0 bridgehead atoms. The molecule has 100 valence electrons. The molecule has 3 nitrogen and oxygen atoms in total. The predicted octanol–water partition coefficient (Wildman–Crippen LogP) is 3.08. The van der Waals surface area contributed by atoms with Crippen LogP contribution in [0, 0.1) is 17.7 Å². The van der Waals surface area contributed by atoms with E-state index in [4.69, 9.17) is 11.6 Å². The van der Waals surface area contributed by atoms with Crippen LogP contribution in [0.3, 0.4) is 0 Å². The number of halogens is 2. The van der Waals surface area contributed by atoms with Crippen molar-refractivity contribution in [1.82, 2.24) is 4.98 Å². The van der Waals surface area contributed by atoms with Gasteiger partial charge >= 0.3 is 0 Å². The molecule has 2 unspecified atom stereocenters. The second kappa shape index (κ2) is 6.34. The SMILES string of the molecule is OCC1CCCCC1CNc1ncc(Cl)cc1F. The molecule has 0 aliphatic heterocycles. The zero-order valence-corrected chi connectivity index (χ0v) is 11.0. The van der Waals surface area contributed by atoms with E-state index in [2.05, 4.69) is 10.3 Å². The lowest BCUT2D eigenvalue weighted by Gasteiger charge is -2.30. The van der Waals surface area contributed by atoms with Gasteiger partial charge in [-0.3, -0.25) is 0 Å². The number of aromatic nitrogens is 1. The summed E-state index contributed by atoms with van der Waals surface area (Å²) < 4.78 is 13.5. The Hall–Kier alpha value is -0.870. The van der Waals surface area contributed by atoms with Gasteiger partial charge in [0.05, 0.1) is 5.02 Å². The highest BCUT2D eigenvalue weighted by molar-refractivity contribution is 6.30. The van der Waals surface area contributed by atoms with Crippen LogP contribution in [0.2, 0.25) is 5.02 Å². The van der Waals surface area contributed by atoms with E-state index in [0.29, 0.717) is 23.4 Å². The quantitative estimate of drug-likeness (QED) is 0.885. The molecule has 1 fully saturated rings. The van der Waals surface area contributed by atoms with Crippen LogP contribution < -0.4 is 5.32 Å². The highest BCUT2D eigenvalue weighted by atomic mass is 35.5. The molecule has 5 heteroatoms. The largest absolute Gasteiger partial charge is 0.396 e. The van der Waals surface area contributed by atoms with Gasteiger partial charge in [0.25, 0.3) is 0 Å². The number of pyridine rings is 1. The Bertz CT molecular complexity index is 403. The average molecular weight is 273 g/mol. The van der Waals surface area contributed by atoms with Gasteiger partial charge in [-0.1, -0.05) is 24.4 Å². The molecule has 1 aliphatic rings. The second-order valence-electron chi connectivity index (χ2n) is 4.85. The van der Waals surface area contributed by atoms with Gasteiger partial charge in [0.2, 0.25) is 0 Å². The summed E-state index contributed by atoms with van der Waals surface area (Å²) in [6.45, 7) is 0.861. The Morgan fingerprint density at radius 2 is 2.11 bits per heavy atom. The Morgan fingerprint density at radius 1 is 1.39 bits per heavy atom. The number of anilines is 1. The maximum Gasteiger partial charge on any atom is 0.166 e. The third-order valence-electron chi connectivity index (χ3n) is 3.64. The highest BCUT2D eigenvalue weighted by Gasteiger charge is 2.24. The highest BCUT2D eigenvalue weighted by Crippen LogP contribution is 2.30. The van der Waals surface area contributed by atoms with Gasteiger partial charge in [-0.2, -0.15) is 0 Å². The Balaban J connectivity index is 1.93. The molecule has 2 atom stereocenters. The van der Waals surface area contributed by atoms with Gasteiger partial charge in [-0.25, -0.2) is 9.37 Å². The molecule has 1 saturated carbocycles. The summed E-state index contributed by atoms with van der Waals surface area (Å²) >= 11 is 5.65. The molecule has 0 spiro atoms. The van der Waals surface area contributed by atoms with Crippen LogP contribution in [0.25, 0.3) is 0 Å². The fourth-order valence-electron chi connectivity index (χ4n) is 2.57. The topological polar surface area (TPSA) is 45.1 Å². The lowest BCUT2D eigenvalue weighted by atomic mass is 9.79. The third-order valence-corrected chi connectivity index (χ3v) is 3.85. The van der Waals surface area contributed by atoms with Gasteiger partial charge in [0.15, 0.2) is 11.6 Å². The summed E-state index contributed by atoms with van der Waals surface area (Å²) in [6.07, 6.45) is 5.92. The monoisotopic (exact) mass is 272 g/mol. The van der Waals surface area contributed by atoms with E-state index in [1.165, 1.54) is 25.1 Å². The minimum atomic E-state index is -0.432. The van der Waals surface area contributed by atoms with Crippen LogP contribution in [0.5, 0.6) is 0 Å². The minimum absolute atomic E-state index is 0.211. The molecule has 0 radical (unpaired) electrons. The van der Waals surface area contributed by atoms with E-state index >= 15 is 0 Å². The molecule has 1 aromatic heterocycles. The van der Waals surface area contributed by atoms with Crippen molar-refractivity contribution in [1.29, 1.82) is 0 Å². The van der Waals surface area contributed by atoms with Gasteiger partial charge < -0.3 is 10.4 Å². The second-order valence-corrected chi connectivity index (χ2v) is 5.29. The van der Waals surface area contributed by atoms with Crippen LogP contribution in [0.4, 0.5) is 10.2 Å². The number of hydrogen-bond donors (Lipinski definition) is 2. The first-order valence-corrected chi connectivity index (χ1v) is 6.74. The number of aliphatic hydroxyl groups is 1. The number of nitrogens with zero attached hydrogens (tertiary/aromatic N) is 1. The van der Waals surface area contributed by atoms with Gasteiger partial charge in [0.1, 0.15) is 0 Å². The van der Waals surface area contributed by atoms with E-state index in [1.54, 1.807) is 0 Å². The molecule has 2 rings (SSSR count). The molecule has 0 aromatic carbocycles. The molecule has 0 amide bonds. The first kappa shape index (κ1) is 13.6. The third kappa shape index (κ3) is 3.33. The molecule has 1 aliphatic carbocycles. The van der Waals surface area contributed by atoms with E-state index in [0.717, 1.165) is 12.8 Å². The van der Waals surface area contributed by atoms with Crippen LogP contribution in [-0.4, -0.2) is 23.2 Å². The summed E-state index contributed by atoms with van der Waals surface area (Å²) in [7, 11) is 0. The van der Waals surface area contributed by atoms with Crippen molar-refractivity contribution in [2.45, 2.75) is 25.7 Å². The van der Waals surface area contributed by atoms with E-state index in [9.17, 15) is 9.50 Å². The Labute approximate surface area is 111 Å². The zero-order valence-electron chi connectivity index (χ0n) is 10.2. The summed E-state index contributed by atoms with van der Waals surface area (Å²) in [6, 6.07) is 1.25. The summed E-state index contributed by atoms with van der Waals surface area (Å²) in [4.78, 5) is 3.93. The van der Waals surface area contributed by atoms with Crippen molar-refractivity contribution in [2.75, 3.05) is 18.5 Å². The summed E-state index contributed by atoms with van der Waals surface area (Å²) in [5.41, 5.74) is 0. The minimum Gasteiger partial charge on any atom is -0.396 e. The lowest BCUT2D eigenvalue weighted by Crippen LogP contribution is -2.29. The van der Waals surface area contributed by atoms with Crippen molar-refractivity contribution < 1.29 is 9.50 Å². The van der Waals surface area contributed by atoms with Crippen molar-refractivity contribution >= 4 is 17.4 Å². The fourth-order valence-corrected chi connectivity index (χ4v) is 2.71. The average Bonchev–Trinajstić information content (AvgIpc) is 2.38. The van der Waals surface area contributed by atoms with Crippen molar-refractivity contribution in [2.24, 2.45) is 11.8 Å². The van der Waals surface area contributed by atoms with Crippen LogP contribution in [-0.2, 0) is 0 Å². The molecule has 1 aromatic rings. The number of rotatable bonds is 4. The number of hydrogen-bond acceptors (Lipinski definition) is 3. The molecular formula is C13H18ClFN2O. The van der Waals surface area contributed by atoms with Gasteiger partial charge in [0, 0.05) is 19.3 Å². The van der Waals surface area contributed by atoms with Crippen LogP contribution >= 0.6 is 11.6 Å². The lowest BCUT2D eigenvalue weighted by molar-refractivity contribution is 0.141. The van der Waals surface area contributed by atoms with Crippen LogP contribution in [0.1, 0.15) is 25.7 Å². The molecule has 1 heterocycles. The molecular weight excluding hydrogens is 255 g/mol. The molecule has 18 heavy (non-hydrogen) atoms. The number of nitrogens with one attached hydrogen (secondary N) is 1. The van der Waals surface area contributed by atoms with E-state index in [-0.39, 0.29) is 12.4 Å². The van der Waals surface area contributed by atoms with E-state index in [1.807, 2.05) is 0 Å². The maximum atomic E-state index is 13.5. The van der Waals surface area contributed by atoms with Gasteiger partial charge in [-0.05, 0) is 30.7 Å². The van der Waals surface area contributed by atoms with Gasteiger partial charge in [-0.15, -0.1) is 0 Å². The zero-order chi connectivity index (χ0) is 13.0. The molecule has 0 saturated heterocycles. The van der Waals surface area contributed by atoms with Crippen molar-refractivity contribution in [3.8, 4) is 0 Å². The van der Waals surface area contributed by atoms with Crippen molar-refractivity contribution in [3.05, 3.63) is 23.1 Å². The Kier molecular flexibility index (Phi) is 4.78. The summed E-state index contributed by atoms with van der Waals surface area (Å²) in [5, 5.41) is 12.6.